The lowest BCUT2D eigenvalue weighted by Gasteiger charge is -2.08. The van der Waals surface area contributed by atoms with E-state index in [0.29, 0.717) is 6.04 Å². The van der Waals surface area contributed by atoms with E-state index in [-0.39, 0.29) is 0 Å². The summed E-state index contributed by atoms with van der Waals surface area (Å²) in [5.74, 6) is 0.889. The molecule has 72 valence electrons. The predicted octanol–water partition coefficient (Wildman–Crippen LogP) is 1.93. The van der Waals surface area contributed by atoms with Gasteiger partial charge in [-0.15, -0.1) is 0 Å². The first kappa shape index (κ1) is 10.0. The Morgan fingerprint density at radius 1 is 1.42 bits per heavy atom. The molecule has 2 unspecified atom stereocenters. The molecule has 0 aromatic rings. The highest BCUT2D eigenvalue weighted by atomic mass is 16.5. The molecule has 1 rings (SSSR count). The number of rotatable bonds is 5. The Morgan fingerprint density at radius 3 is 2.83 bits per heavy atom. The second-order valence-corrected chi connectivity index (χ2v) is 3.78. The largest absolute Gasteiger partial charge is 0.382 e. The summed E-state index contributed by atoms with van der Waals surface area (Å²) in [4.78, 5) is 0. The lowest BCUT2D eigenvalue weighted by Crippen LogP contribution is -2.14. The summed E-state index contributed by atoms with van der Waals surface area (Å²) >= 11 is 0. The molecule has 1 aliphatic rings. The standard InChI is InChI=1S/C10H21NO/c1-2-12-7-3-4-9-5-6-10(11)8-9/h9-10H,2-8,11H2,1H3. The third-order valence-corrected chi connectivity index (χ3v) is 2.69. The summed E-state index contributed by atoms with van der Waals surface area (Å²) in [5.41, 5.74) is 5.82. The van der Waals surface area contributed by atoms with Crippen LogP contribution in [0.25, 0.3) is 0 Å². The topological polar surface area (TPSA) is 35.2 Å². The number of ether oxygens (including phenoxy) is 1. The van der Waals surface area contributed by atoms with Gasteiger partial charge in [0.1, 0.15) is 0 Å². The maximum absolute atomic E-state index is 5.82. The van der Waals surface area contributed by atoms with Crippen LogP contribution in [0.5, 0.6) is 0 Å². The van der Waals surface area contributed by atoms with Crippen molar-refractivity contribution in [2.75, 3.05) is 13.2 Å². The molecular weight excluding hydrogens is 150 g/mol. The van der Waals surface area contributed by atoms with Crippen molar-refractivity contribution in [1.29, 1.82) is 0 Å². The Balaban J connectivity index is 1.93. The van der Waals surface area contributed by atoms with Crippen molar-refractivity contribution in [1.82, 2.24) is 0 Å². The second kappa shape index (κ2) is 5.55. The van der Waals surface area contributed by atoms with E-state index in [1.165, 1.54) is 32.1 Å². The van der Waals surface area contributed by atoms with E-state index in [1.54, 1.807) is 0 Å². The third-order valence-electron chi connectivity index (χ3n) is 2.69. The van der Waals surface area contributed by atoms with Crippen LogP contribution in [0.4, 0.5) is 0 Å². The van der Waals surface area contributed by atoms with E-state index in [4.69, 9.17) is 10.5 Å². The van der Waals surface area contributed by atoms with Crippen molar-refractivity contribution in [2.45, 2.75) is 45.1 Å². The molecule has 0 spiro atoms. The number of hydrogen-bond acceptors (Lipinski definition) is 2. The smallest absolute Gasteiger partial charge is 0.0465 e. The first-order chi connectivity index (χ1) is 5.83. The zero-order chi connectivity index (χ0) is 8.81. The van der Waals surface area contributed by atoms with Crippen molar-refractivity contribution >= 4 is 0 Å². The van der Waals surface area contributed by atoms with Gasteiger partial charge in [0.05, 0.1) is 0 Å². The van der Waals surface area contributed by atoms with Gasteiger partial charge >= 0.3 is 0 Å². The molecule has 1 fully saturated rings. The molecule has 0 amide bonds. The Labute approximate surface area is 75.5 Å². The molecule has 0 aromatic carbocycles. The van der Waals surface area contributed by atoms with E-state index < -0.39 is 0 Å². The maximum Gasteiger partial charge on any atom is 0.0465 e. The van der Waals surface area contributed by atoms with Crippen molar-refractivity contribution in [3.63, 3.8) is 0 Å². The molecule has 0 heterocycles. The van der Waals surface area contributed by atoms with Crippen molar-refractivity contribution < 1.29 is 4.74 Å². The minimum Gasteiger partial charge on any atom is -0.382 e. The lowest BCUT2D eigenvalue weighted by molar-refractivity contribution is 0.139. The van der Waals surface area contributed by atoms with Gasteiger partial charge in [0.2, 0.25) is 0 Å². The van der Waals surface area contributed by atoms with Crippen LogP contribution in [0.2, 0.25) is 0 Å². The van der Waals surface area contributed by atoms with Gasteiger partial charge < -0.3 is 10.5 Å². The Kier molecular flexibility index (Phi) is 4.62. The molecule has 0 bridgehead atoms. The monoisotopic (exact) mass is 171 g/mol. The van der Waals surface area contributed by atoms with Crippen LogP contribution in [0.3, 0.4) is 0 Å². The van der Waals surface area contributed by atoms with Gasteiger partial charge in [0.15, 0.2) is 0 Å². The minimum absolute atomic E-state index is 0.488. The first-order valence-corrected chi connectivity index (χ1v) is 5.16. The van der Waals surface area contributed by atoms with Gasteiger partial charge in [0.25, 0.3) is 0 Å². The van der Waals surface area contributed by atoms with Gasteiger partial charge in [-0.2, -0.15) is 0 Å². The molecule has 1 saturated carbocycles. The molecule has 12 heavy (non-hydrogen) atoms. The molecule has 2 atom stereocenters. The van der Waals surface area contributed by atoms with E-state index >= 15 is 0 Å². The molecule has 0 aliphatic heterocycles. The summed E-state index contributed by atoms with van der Waals surface area (Å²) in [7, 11) is 0. The average Bonchev–Trinajstić information content (AvgIpc) is 2.45. The fraction of sp³-hybridized carbons (Fsp3) is 1.00. The van der Waals surface area contributed by atoms with Crippen LogP contribution < -0.4 is 5.73 Å². The summed E-state index contributed by atoms with van der Waals surface area (Å²) in [5, 5.41) is 0. The van der Waals surface area contributed by atoms with Crippen molar-refractivity contribution in [3.05, 3.63) is 0 Å². The van der Waals surface area contributed by atoms with Crippen LogP contribution in [0.1, 0.15) is 39.0 Å². The highest BCUT2D eigenvalue weighted by Crippen LogP contribution is 2.27. The molecule has 1 aliphatic carbocycles. The quantitative estimate of drug-likeness (QED) is 0.641. The SMILES string of the molecule is CCOCCCC1CCC(N)C1. The molecule has 2 N–H and O–H groups in total. The summed E-state index contributed by atoms with van der Waals surface area (Å²) in [6.45, 7) is 3.83. The zero-order valence-electron chi connectivity index (χ0n) is 8.09. The van der Waals surface area contributed by atoms with Crippen LogP contribution in [0, 0.1) is 5.92 Å². The Hall–Kier alpha value is -0.0800. The van der Waals surface area contributed by atoms with E-state index in [9.17, 15) is 0 Å². The molecule has 0 saturated heterocycles. The van der Waals surface area contributed by atoms with Gasteiger partial charge in [-0.1, -0.05) is 0 Å². The van der Waals surface area contributed by atoms with Gasteiger partial charge in [-0.3, -0.25) is 0 Å². The zero-order valence-corrected chi connectivity index (χ0v) is 8.09. The van der Waals surface area contributed by atoms with E-state index in [0.717, 1.165) is 19.1 Å². The highest BCUT2D eigenvalue weighted by Gasteiger charge is 2.20. The lowest BCUT2D eigenvalue weighted by atomic mass is 10.0. The minimum atomic E-state index is 0.488. The van der Waals surface area contributed by atoms with Gasteiger partial charge in [-0.05, 0) is 44.9 Å². The predicted molar refractivity (Wildman–Crippen MR) is 51.0 cm³/mol. The van der Waals surface area contributed by atoms with Crippen LogP contribution in [0.15, 0.2) is 0 Å². The molecule has 0 radical (unpaired) electrons. The summed E-state index contributed by atoms with van der Waals surface area (Å²) in [6.07, 6.45) is 6.34. The van der Waals surface area contributed by atoms with Gasteiger partial charge in [0, 0.05) is 19.3 Å². The average molecular weight is 171 g/mol. The molecular formula is C10H21NO. The van der Waals surface area contributed by atoms with Crippen molar-refractivity contribution in [2.24, 2.45) is 11.7 Å². The number of nitrogens with two attached hydrogens (primary N) is 1. The first-order valence-electron chi connectivity index (χ1n) is 5.16. The summed E-state index contributed by atoms with van der Waals surface area (Å²) < 4.78 is 5.29. The normalized spacial score (nSPS) is 29.5. The fourth-order valence-electron chi connectivity index (χ4n) is 1.99. The maximum atomic E-state index is 5.82. The number of hydrogen-bond donors (Lipinski definition) is 1. The third kappa shape index (κ3) is 3.55. The van der Waals surface area contributed by atoms with Crippen LogP contribution in [-0.4, -0.2) is 19.3 Å². The van der Waals surface area contributed by atoms with Crippen molar-refractivity contribution in [3.8, 4) is 0 Å². The van der Waals surface area contributed by atoms with Crippen LogP contribution >= 0.6 is 0 Å². The molecule has 2 nitrogen and oxygen atoms in total. The van der Waals surface area contributed by atoms with E-state index in [1.807, 2.05) is 6.92 Å². The Bertz CT molecular complexity index is 116. The Morgan fingerprint density at radius 2 is 2.25 bits per heavy atom. The van der Waals surface area contributed by atoms with Crippen LogP contribution in [-0.2, 0) is 4.74 Å². The summed E-state index contributed by atoms with van der Waals surface area (Å²) in [6, 6.07) is 0.488. The van der Waals surface area contributed by atoms with Gasteiger partial charge in [-0.25, -0.2) is 0 Å². The molecule has 0 aromatic heterocycles. The fourth-order valence-corrected chi connectivity index (χ4v) is 1.99. The van der Waals surface area contributed by atoms with E-state index in [2.05, 4.69) is 0 Å². The highest BCUT2D eigenvalue weighted by molar-refractivity contribution is 4.77. The second-order valence-electron chi connectivity index (χ2n) is 3.78. The molecule has 2 heteroatoms.